The highest BCUT2D eigenvalue weighted by Crippen LogP contribution is 2.19. The van der Waals surface area contributed by atoms with Crippen molar-refractivity contribution < 1.29 is 9.90 Å². The van der Waals surface area contributed by atoms with Crippen LogP contribution >= 0.6 is 22.9 Å². The Bertz CT molecular complexity index is 592. The molecular weight excluding hydrogens is 304 g/mol. The fraction of sp³-hybridized carbons (Fsp3) is 0.353. The molecule has 112 valence electrons. The summed E-state index contributed by atoms with van der Waals surface area (Å²) in [6.45, 7) is 0. The van der Waals surface area contributed by atoms with Crippen molar-refractivity contribution in [3.05, 3.63) is 56.7 Å². The third kappa shape index (κ3) is 5.52. The van der Waals surface area contributed by atoms with E-state index in [1.807, 2.05) is 24.3 Å². The van der Waals surface area contributed by atoms with Gasteiger partial charge in [-0.25, -0.2) is 4.79 Å². The Kier molecular flexibility index (Phi) is 6.27. The summed E-state index contributed by atoms with van der Waals surface area (Å²) in [5, 5.41) is 9.67. The van der Waals surface area contributed by atoms with Gasteiger partial charge in [0.15, 0.2) is 0 Å². The minimum Gasteiger partial charge on any atom is -0.477 e. The van der Waals surface area contributed by atoms with Crippen molar-refractivity contribution in [3.8, 4) is 0 Å². The Morgan fingerprint density at radius 3 is 2.48 bits per heavy atom. The van der Waals surface area contributed by atoms with Crippen LogP contribution in [0.15, 0.2) is 36.4 Å². The summed E-state index contributed by atoms with van der Waals surface area (Å²) >= 11 is 7.35. The average Bonchev–Trinajstić information content (AvgIpc) is 2.92. The molecule has 0 saturated heterocycles. The van der Waals surface area contributed by atoms with Crippen molar-refractivity contribution in [3.63, 3.8) is 0 Å². The number of halogens is 1. The molecule has 0 aliphatic rings. The molecule has 2 nitrogen and oxygen atoms in total. The molecule has 0 aliphatic heterocycles. The lowest BCUT2D eigenvalue weighted by molar-refractivity contribution is 0.0702. The smallest absolute Gasteiger partial charge is 0.345 e. The summed E-state index contributed by atoms with van der Waals surface area (Å²) in [6.07, 6.45) is 6.72. The van der Waals surface area contributed by atoms with Crippen LogP contribution in [0.2, 0.25) is 5.02 Å². The van der Waals surface area contributed by atoms with Crippen LogP contribution in [0, 0.1) is 0 Å². The molecule has 1 aromatic carbocycles. The molecule has 0 amide bonds. The zero-order valence-electron chi connectivity index (χ0n) is 11.8. The first-order chi connectivity index (χ1) is 10.1. The van der Waals surface area contributed by atoms with Gasteiger partial charge in [0.05, 0.1) is 0 Å². The predicted molar refractivity (Wildman–Crippen MR) is 88.6 cm³/mol. The second-order valence-corrected chi connectivity index (χ2v) is 6.72. The van der Waals surface area contributed by atoms with Gasteiger partial charge in [0, 0.05) is 9.90 Å². The molecule has 21 heavy (non-hydrogen) atoms. The SMILES string of the molecule is O=C(O)c1ccc(CCCCCCc2cccc(Cl)c2)s1. The molecule has 0 radical (unpaired) electrons. The average molecular weight is 323 g/mol. The minimum atomic E-state index is -0.826. The number of benzene rings is 1. The van der Waals surface area contributed by atoms with Gasteiger partial charge in [-0.15, -0.1) is 11.3 Å². The molecule has 1 N–H and O–H groups in total. The highest BCUT2D eigenvalue weighted by Gasteiger charge is 2.06. The van der Waals surface area contributed by atoms with Gasteiger partial charge < -0.3 is 5.11 Å². The molecule has 0 atom stereocenters. The highest BCUT2D eigenvalue weighted by molar-refractivity contribution is 7.13. The van der Waals surface area contributed by atoms with E-state index in [2.05, 4.69) is 6.07 Å². The van der Waals surface area contributed by atoms with Crippen molar-refractivity contribution in [1.29, 1.82) is 0 Å². The lowest BCUT2D eigenvalue weighted by Gasteiger charge is -2.02. The van der Waals surface area contributed by atoms with Gasteiger partial charge >= 0.3 is 5.97 Å². The van der Waals surface area contributed by atoms with E-state index in [-0.39, 0.29) is 0 Å². The predicted octanol–water partition coefficient (Wildman–Crippen LogP) is 5.45. The summed E-state index contributed by atoms with van der Waals surface area (Å²) in [4.78, 5) is 12.4. The van der Waals surface area contributed by atoms with Gasteiger partial charge in [0.2, 0.25) is 0 Å². The zero-order valence-corrected chi connectivity index (χ0v) is 13.4. The van der Waals surface area contributed by atoms with Gasteiger partial charge in [-0.2, -0.15) is 0 Å². The van der Waals surface area contributed by atoms with E-state index in [9.17, 15) is 4.79 Å². The summed E-state index contributed by atoms with van der Waals surface area (Å²) in [5.41, 5.74) is 1.30. The Hall–Kier alpha value is -1.32. The van der Waals surface area contributed by atoms with Crippen LogP contribution in [-0.4, -0.2) is 11.1 Å². The first-order valence-electron chi connectivity index (χ1n) is 7.21. The molecule has 0 aliphatic carbocycles. The Morgan fingerprint density at radius 1 is 1.05 bits per heavy atom. The van der Waals surface area contributed by atoms with Crippen molar-refractivity contribution >= 4 is 28.9 Å². The van der Waals surface area contributed by atoms with Crippen LogP contribution in [0.25, 0.3) is 0 Å². The van der Waals surface area contributed by atoms with Crippen LogP contribution in [0.5, 0.6) is 0 Å². The van der Waals surface area contributed by atoms with E-state index in [4.69, 9.17) is 16.7 Å². The topological polar surface area (TPSA) is 37.3 Å². The summed E-state index contributed by atoms with van der Waals surface area (Å²) in [7, 11) is 0. The number of carboxylic acid groups (broad SMARTS) is 1. The molecule has 2 rings (SSSR count). The maximum atomic E-state index is 10.8. The second-order valence-electron chi connectivity index (χ2n) is 5.12. The number of thiophene rings is 1. The first-order valence-corrected chi connectivity index (χ1v) is 8.41. The van der Waals surface area contributed by atoms with Crippen molar-refractivity contribution in [2.75, 3.05) is 0 Å². The summed E-state index contributed by atoms with van der Waals surface area (Å²) in [6, 6.07) is 11.7. The van der Waals surface area contributed by atoms with Gasteiger partial charge in [-0.1, -0.05) is 36.6 Å². The van der Waals surface area contributed by atoms with Crippen molar-refractivity contribution in [1.82, 2.24) is 0 Å². The maximum Gasteiger partial charge on any atom is 0.345 e. The minimum absolute atomic E-state index is 0.436. The third-order valence-electron chi connectivity index (χ3n) is 3.40. The van der Waals surface area contributed by atoms with Crippen LogP contribution in [0.3, 0.4) is 0 Å². The second kappa shape index (κ2) is 8.20. The lowest BCUT2D eigenvalue weighted by Crippen LogP contribution is -1.89. The van der Waals surface area contributed by atoms with E-state index in [1.54, 1.807) is 6.07 Å². The van der Waals surface area contributed by atoms with Gasteiger partial charge in [-0.05, 0) is 55.5 Å². The third-order valence-corrected chi connectivity index (χ3v) is 4.77. The number of hydrogen-bond donors (Lipinski definition) is 1. The highest BCUT2D eigenvalue weighted by atomic mass is 35.5. The normalized spacial score (nSPS) is 10.7. The zero-order chi connectivity index (χ0) is 15.1. The summed E-state index contributed by atoms with van der Waals surface area (Å²) < 4.78 is 0. The van der Waals surface area contributed by atoms with E-state index in [0.717, 1.165) is 24.3 Å². The molecule has 1 heterocycles. The van der Waals surface area contributed by atoms with Crippen LogP contribution < -0.4 is 0 Å². The molecule has 0 fully saturated rings. The Morgan fingerprint density at radius 2 is 1.81 bits per heavy atom. The Balaban J connectivity index is 1.60. The van der Waals surface area contributed by atoms with Gasteiger partial charge in [-0.3, -0.25) is 0 Å². The summed E-state index contributed by atoms with van der Waals surface area (Å²) in [5.74, 6) is -0.826. The van der Waals surface area contributed by atoms with E-state index in [1.165, 1.54) is 41.0 Å². The quantitative estimate of drug-likeness (QED) is 0.656. The first kappa shape index (κ1) is 16.1. The molecule has 0 saturated carbocycles. The fourth-order valence-electron chi connectivity index (χ4n) is 2.30. The van der Waals surface area contributed by atoms with Crippen LogP contribution in [0.1, 0.15) is 45.8 Å². The number of carbonyl (C=O) groups is 1. The molecule has 1 aromatic heterocycles. The van der Waals surface area contributed by atoms with Crippen LogP contribution in [-0.2, 0) is 12.8 Å². The number of rotatable bonds is 8. The van der Waals surface area contributed by atoms with E-state index >= 15 is 0 Å². The van der Waals surface area contributed by atoms with Gasteiger partial charge in [0.1, 0.15) is 4.88 Å². The molecule has 4 heteroatoms. The fourth-order valence-corrected chi connectivity index (χ4v) is 3.40. The number of hydrogen-bond acceptors (Lipinski definition) is 2. The number of unbranched alkanes of at least 4 members (excludes halogenated alkanes) is 3. The molecular formula is C17H19ClO2S. The van der Waals surface area contributed by atoms with Gasteiger partial charge in [0.25, 0.3) is 0 Å². The van der Waals surface area contributed by atoms with E-state index < -0.39 is 5.97 Å². The molecule has 0 spiro atoms. The van der Waals surface area contributed by atoms with E-state index in [0.29, 0.717) is 4.88 Å². The monoisotopic (exact) mass is 322 g/mol. The Labute approximate surface area is 134 Å². The van der Waals surface area contributed by atoms with Crippen molar-refractivity contribution in [2.45, 2.75) is 38.5 Å². The largest absolute Gasteiger partial charge is 0.477 e. The molecule has 2 aromatic rings. The molecule has 0 bridgehead atoms. The van der Waals surface area contributed by atoms with Crippen molar-refractivity contribution in [2.24, 2.45) is 0 Å². The maximum absolute atomic E-state index is 10.8. The number of aryl methyl sites for hydroxylation is 2. The standard InChI is InChI=1S/C17H19ClO2S/c18-14-8-5-7-13(12-14)6-3-1-2-4-9-15-10-11-16(21-15)17(19)20/h5,7-8,10-12H,1-4,6,9H2,(H,19,20). The number of carboxylic acids is 1. The lowest BCUT2D eigenvalue weighted by atomic mass is 10.1. The van der Waals surface area contributed by atoms with Crippen LogP contribution in [0.4, 0.5) is 0 Å². The number of aromatic carboxylic acids is 1. The molecule has 0 unspecified atom stereocenters.